The van der Waals surface area contributed by atoms with Crippen LogP contribution in [-0.2, 0) is 17.8 Å². The summed E-state index contributed by atoms with van der Waals surface area (Å²) in [6.07, 6.45) is 2.76. The number of carbonyl (C=O) groups is 2. The fourth-order valence-electron chi connectivity index (χ4n) is 6.10. The number of amides is 2. The second-order valence-corrected chi connectivity index (χ2v) is 10.2. The van der Waals surface area contributed by atoms with E-state index >= 15 is 0 Å². The average Bonchev–Trinajstić information content (AvgIpc) is 3.47. The van der Waals surface area contributed by atoms with Gasteiger partial charge in [0.05, 0.1) is 12.5 Å². The van der Waals surface area contributed by atoms with Crippen LogP contribution in [0.5, 0.6) is 0 Å². The zero-order valence-corrected chi connectivity index (χ0v) is 22.0. The van der Waals surface area contributed by atoms with E-state index in [0.717, 1.165) is 69.5 Å². The minimum Gasteiger partial charge on any atom is -0.355 e. The standard InChI is InChI=1S/C34H32N2O2/c1-3-10-28-25(22-12-9-13-24(20-22)36-21-23-11-5-6-14-26(23)34(36)38)17-18-30-27-15-7-8-16-29(27)32(31(28)30)33(37)35-19-4-2/h5-9,11-18,20,32H,3-4,10,19,21H2,1-2H3,(H,35,37). The van der Waals surface area contributed by atoms with Crippen LogP contribution in [0, 0.1) is 0 Å². The number of nitrogens with zero attached hydrogens (tertiary/aromatic N) is 1. The molecule has 0 saturated carbocycles. The van der Waals surface area contributed by atoms with Crippen molar-refractivity contribution in [2.24, 2.45) is 0 Å². The molecule has 4 heteroatoms. The molecule has 1 heterocycles. The first-order chi connectivity index (χ1) is 18.6. The summed E-state index contributed by atoms with van der Waals surface area (Å²) >= 11 is 0. The number of hydrogen-bond acceptors (Lipinski definition) is 2. The van der Waals surface area contributed by atoms with Crippen LogP contribution in [0.2, 0.25) is 0 Å². The van der Waals surface area contributed by atoms with Crippen molar-refractivity contribution in [3.05, 3.63) is 113 Å². The Labute approximate surface area is 224 Å². The highest BCUT2D eigenvalue weighted by atomic mass is 16.2. The maximum Gasteiger partial charge on any atom is 0.258 e. The summed E-state index contributed by atoms with van der Waals surface area (Å²) in [5, 5.41) is 3.16. The molecule has 0 radical (unpaired) electrons. The van der Waals surface area contributed by atoms with E-state index in [1.165, 1.54) is 5.56 Å². The van der Waals surface area contributed by atoms with E-state index in [2.05, 4.69) is 61.6 Å². The monoisotopic (exact) mass is 500 g/mol. The minimum atomic E-state index is -0.313. The van der Waals surface area contributed by atoms with Gasteiger partial charge in [0.25, 0.3) is 5.91 Å². The predicted molar refractivity (Wildman–Crippen MR) is 153 cm³/mol. The first kappa shape index (κ1) is 24.2. The van der Waals surface area contributed by atoms with Gasteiger partial charge < -0.3 is 10.2 Å². The summed E-state index contributed by atoms with van der Waals surface area (Å²) < 4.78 is 0. The molecule has 4 nitrogen and oxygen atoms in total. The Hall–Kier alpha value is -4.18. The molecule has 0 spiro atoms. The molecule has 0 saturated heterocycles. The lowest BCUT2D eigenvalue weighted by molar-refractivity contribution is -0.121. The van der Waals surface area contributed by atoms with Crippen LogP contribution >= 0.6 is 0 Å². The summed E-state index contributed by atoms with van der Waals surface area (Å²) in [6.45, 7) is 5.52. The Morgan fingerprint density at radius 1 is 0.842 bits per heavy atom. The first-order valence-electron chi connectivity index (χ1n) is 13.6. The highest BCUT2D eigenvalue weighted by molar-refractivity contribution is 6.10. The number of carbonyl (C=O) groups excluding carboxylic acids is 2. The molecule has 0 fully saturated rings. The van der Waals surface area contributed by atoms with Gasteiger partial charge in [-0.05, 0) is 75.5 Å². The summed E-state index contributed by atoms with van der Waals surface area (Å²) in [7, 11) is 0. The third-order valence-electron chi connectivity index (χ3n) is 7.81. The van der Waals surface area contributed by atoms with Crippen molar-refractivity contribution in [1.29, 1.82) is 0 Å². The van der Waals surface area contributed by atoms with Crippen LogP contribution in [0.3, 0.4) is 0 Å². The van der Waals surface area contributed by atoms with Gasteiger partial charge in [0.15, 0.2) is 0 Å². The number of nitrogens with one attached hydrogen (secondary N) is 1. The lowest BCUT2D eigenvalue weighted by Crippen LogP contribution is -2.30. The summed E-state index contributed by atoms with van der Waals surface area (Å²) in [6, 6.07) is 28.8. The Morgan fingerprint density at radius 2 is 1.61 bits per heavy atom. The number of fused-ring (bicyclic) bond motifs is 4. The van der Waals surface area contributed by atoms with Gasteiger partial charge in [0, 0.05) is 17.8 Å². The van der Waals surface area contributed by atoms with E-state index in [4.69, 9.17) is 0 Å². The van der Waals surface area contributed by atoms with Crippen molar-refractivity contribution >= 4 is 17.5 Å². The van der Waals surface area contributed by atoms with Gasteiger partial charge in [-0.2, -0.15) is 0 Å². The molecule has 1 aliphatic heterocycles. The molecule has 4 aromatic carbocycles. The second kappa shape index (κ2) is 9.94. The molecular weight excluding hydrogens is 468 g/mol. The molecule has 38 heavy (non-hydrogen) atoms. The molecule has 6 rings (SSSR count). The average molecular weight is 501 g/mol. The van der Waals surface area contributed by atoms with E-state index < -0.39 is 0 Å². The molecule has 1 unspecified atom stereocenters. The molecule has 2 amide bonds. The Balaban J connectivity index is 1.46. The lowest BCUT2D eigenvalue weighted by atomic mass is 9.85. The highest BCUT2D eigenvalue weighted by Crippen LogP contribution is 2.49. The van der Waals surface area contributed by atoms with Gasteiger partial charge >= 0.3 is 0 Å². The molecule has 0 bridgehead atoms. The van der Waals surface area contributed by atoms with Crippen LogP contribution in [-0.4, -0.2) is 18.4 Å². The van der Waals surface area contributed by atoms with Crippen LogP contribution in [0.4, 0.5) is 5.69 Å². The molecule has 1 N–H and O–H groups in total. The van der Waals surface area contributed by atoms with E-state index in [9.17, 15) is 9.59 Å². The van der Waals surface area contributed by atoms with Gasteiger partial charge in [0.2, 0.25) is 5.91 Å². The minimum absolute atomic E-state index is 0.0450. The number of anilines is 1. The van der Waals surface area contributed by atoms with Crippen molar-refractivity contribution in [1.82, 2.24) is 5.32 Å². The maximum absolute atomic E-state index is 13.6. The van der Waals surface area contributed by atoms with E-state index in [0.29, 0.717) is 13.1 Å². The molecule has 0 aromatic heterocycles. The molecule has 1 aliphatic carbocycles. The Kier molecular flexibility index (Phi) is 6.32. The van der Waals surface area contributed by atoms with Gasteiger partial charge in [-0.15, -0.1) is 0 Å². The fourth-order valence-corrected chi connectivity index (χ4v) is 6.10. The van der Waals surface area contributed by atoms with Crippen molar-refractivity contribution in [2.45, 2.75) is 45.6 Å². The van der Waals surface area contributed by atoms with Gasteiger partial charge in [-0.3, -0.25) is 9.59 Å². The summed E-state index contributed by atoms with van der Waals surface area (Å²) in [4.78, 5) is 28.6. The van der Waals surface area contributed by atoms with Crippen molar-refractivity contribution < 1.29 is 9.59 Å². The summed E-state index contributed by atoms with van der Waals surface area (Å²) in [5.41, 5.74) is 10.7. The summed E-state index contributed by atoms with van der Waals surface area (Å²) in [5.74, 6) is -0.197. The predicted octanol–water partition coefficient (Wildman–Crippen LogP) is 7.11. The molecular formula is C34H32N2O2. The third-order valence-corrected chi connectivity index (χ3v) is 7.81. The Morgan fingerprint density at radius 3 is 2.39 bits per heavy atom. The number of benzene rings is 4. The smallest absolute Gasteiger partial charge is 0.258 e. The van der Waals surface area contributed by atoms with Crippen molar-refractivity contribution in [2.75, 3.05) is 11.4 Å². The SMILES string of the molecule is CCCNC(=O)C1c2ccccc2-c2ccc(-c3cccc(N4Cc5ccccc5C4=O)c3)c(CCC)c21. The molecule has 2 aliphatic rings. The quantitative estimate of drug-likeness (QED) is 0.294. The zero-order valence-electron chi connectivity index (χ0n) is 22.0. The lowest BCUT2D eigenvalue weighted by Gasteiger charge is -2.21. The topological polar surface area (TPSA) is 49.4 Å². The van der Waals surface area contributed by atoms with Crippen molar-refractivity contribution in [3.8, 4) is 22.3 Å². The second-order valence-electron chi connectivity index (χ2n) is 10.2. The van der Waals surface area contributed by atoms with Gasteiger partial charge in [-0.1, -0.05) is 87.0 Å². The van der Waals surface area contributed by atoms with E-state index in [1.54, 1.807) is 0 Å². The number of rotatable bonds is 7. The largest absolute Gasteiger partial charge is 0.355 e. The zero-order chi connectivity index (χ0) is 26.2. The normalized spacial score (nSPS) is 15.3. The van der Waals surface area contributed by atoms with E-state index in [1.807, 2.05) is 47.4 Å². The molecule has 1 atom stereocenters. The van der Waals surface area contributed by atoms with Crippen molar-refractivity contribution in [3.63, 3.8) is 0 Å². The highest BCUT2D eigenvalue weighted by Gasteiger charge is 2.36. The molecule has 190 valence electrons. The van der Waals surface area contributed by atoms with Gasteiger partial charge in [-0.25, -0.2) is 0 Å². The van der Waals surface area contributed by atoms with Crippen LogP contribution in [0.25, 0.3) is 22.3 Å². The van der Waals surface area contributed by atoms with Crippen LogP contribution in [0.15, 0.2) is 84.9 Å². The molecule has 4 aromatic rings. The van der Waals surface area contributed by atoms with Crippen LogP contribution in [0.1, 0.15) is 65.2 Å². The first-order valence-corrected chi connectivity index (χ1v) is 13.6. The Bertz CT molecular complexity index is 1550. The third kappa shape index (κ3) is 3.92. The number of hydrogen-bond donors (Lipinski definition) is 1. The fraction of sp³-hybridized carbons (Fsp3) is 0.235. The maximum atomic E-state index is 13.6. The van der Waals surface area contributed by atoms with Crippen LogP contribution < -0.4 is 10.2 Å². The van der Waals surface area contributed by atoms with E-state index in [-0.39, 0.29) is 17.7 Å². The van der Waals surface area contributed by atoms with Gasteiger partial charge in [0.1, 0.15) is 0 Å².